The van der Waals surface area contributed by atoms with Gasteiger partial charge in [0.2, 0.25) is 0 Å². The molecule has 0 radical (unpaired) electrons. The van der Waals surface area contributed by atoms with E-state index in [9.17, 15) is 14.4 Å². The van der Waals surface area contributed by atoms with Crippen molar-refractivity contribution in [2.45, 2.75) is 13.5 Å². The highest BCUT2D eigenvalue weighted by Gasteiger charge is 2.11. The van der Waals surface area contributed by atoms with E-state index < -0.39 is 11.8 Å². The van der Waals surface area contributed by atoms with Crippen LogP contribution in [0.4, 0.5) is 0 Å². The van der Waals surface area contributed by atoms with Crippen LogP contribution in [0, 0.1) is 6.92 Å². The highest BCUT2D eigenvalue weighted by Crippen LogP contribution is 2.10. The third kappa shape index (κ3) is 3.52. The van der Waals surface area contributed by atoms with Crippen molar-refractivity contribution in [3.05, 3.63) is 70.5 Å². The molecule has 0 aliphatic carbocycles. The van der Waals surface area contributed by atoms with E-state index in [4.69, 9.17) is 0 Å². The maximum absolute atomic E-state index is 12.4. The van der Waals surface area contributed by atoms with Crippen molar-refractivity contribution in [3.63, 3.8) is 0 Å². The Kier molecular flexibility index (Phi) is 4.51. The monoisotopic (exact) mass is 337 g/mol. The topological polar surface area (TPSA) is 106 Å². The Morgan fingerprint density at radius 2 is 1.92 bits per heavy atom. The number of pyridine rings is 1. The zero-order valence-electron chi connectivity index (χ0n) is 13.4. The first kappa shape index (κ1) is 16.3. The van der Waals surface area contributed by atoms with Gasteiger partial charge < -0.3 is 0 Å². The third-order valence-electron chi connectivity index (χ3n) is 3.58. The second-order valence-corrected chi connectivity index (χ2v) is 5.37. The van der Waals surface area contributed by atoms with Crippen molar-refractivity contribution < 1.29 is 9.59 Å². The van der Waals surface area contributed by atoms with E-state index in [0.29, 0.717) is 10.9 Å². The van der Waals surface area contributed by atoms with Gasteiger partial charge in [0.15, 0.2) is 0 Å². The lowest BCUT2D eigenvalue weighted by molar-refractivity contribution is -0.122. The molecule has 25 heavy (non-hydrogen) atoms. The molecule has 1 aromatic carbocycles. The van der Waals surface area contributed by atoms with Gasteiger partial charge >= 0.3 is 0 Å². The van der Waals surface area contributed by atoms with Crippen LogP contribution in [-0.4, -0.2) is 26.3 Å². The molecule has 2 aromatic heterocycles. The molecule has 3 rings (SSSR count). The van der Waals surface area contributed by atoms with Gasteiger partial charge in [0.25, 0.3) is 17.4 Å². The molecule has 8 nitrogen and oxygen atoms in total. The molecule has 0 unspecified atom stereocenters. The second-order valence-electron chi connectivity index (χ2n) is 5.37. The molecule has 0 bridgehead atoms. The van der Waals surface area contributed by atoms with Gasteiger partial charge in [-0.3, -0.25) is 34.8 Å². The van der Waals surface area contributed by atoms with Gasteiger partial charge in [0, 0.05) is 6.20 Å². The lowest BCUT2D eigenvalue weighted by Crippen LogP contribution is -2.44. The van der Waals surface area contributed by atoms with Crippen LogP contribution in [0.5, 0.6) is 0 Å². The van der Waals surface area contributed by atoms with E-state index in [2.05, 4.69) is 20.8 Å². The molecule has 0 atom stereocenters. The molecular formula is C17H15N5O3. The van der Waals surface area contributed by atoms with Crippen molar-refractivity contribution in [1.29, 1.82) is 0 Å². The van der Waals surface area contributed by atoms with E-state index in [1.165, 1.54) is 23.2 Å². The molecule has 2 N–H and O–H groups in total. The molecule has 0 aliphatic heterocycles. The molecule has 8 heteroatoms. The van der Waals surface area contributed by atoms with Crippen LogP contribution in [0.1, 0.15) is 16.1 Å². The molecule has 0 saturated carbocycles. The number of nitrogens with one attached hydrogen (secondary N) is 2. The highest BCUT2D eigenvalue weighted by atomic mass is 16.2. The summed E-state index contributed by atoms with van der Waals surface area (Å²) in [4.78, 5) is 44.3. The number of benzene rings is 1. The smallest absolute Gasteiger partial charge is 0.288 e. The van der Waals surface area contributed by atoms with Crippen LogP contribution >= 0.6 is 0 Å². The number of rotatable bonds is 3. The molecule has 126 valence electrons. The van der Waals surface area contributed by atoms with Crippen molar-refractivity contribution >= 4 is 22.7 Å². The lowest BCUT2D eigenvalue weighted by atomic mass is 10.1. The van der Waals surface area contributed by atoms with Gasteiger partial charge in [-0.1, -0.05) is 18.2 Å². The number of hydrogen-bond acceptors (Lipinski definition) is 5. The van der Waals surface area contributed by atoms with Crippen molar-refractivity contribution in [2.75, 3.05) is 0 Å². The fraction of sp³-hybridized carbons (Fsp3) is 0.118. The normalized spacial score (nSPS) is 10.4. The molecule has 0 spiro atoms. The average molecular weight is 337 g/mol. The minimum Gasteiger partial charge on any atom is -0.289 e. The number of nitrogens with zero attached hydrogens (tertiary/aromatic N) is 3. The van der Waals surface area contributed by atoms with Gasteiger partial charge in [0.1, 0.15) is 12.2 Å². The summed E-state index contributed by atoms with van der Waals surface area (Å²) in [5.74, 6) is -1.10. The summed E-state index contributed by atoms with van der Waals surface area (Å²) < 4.78 is 1.18. The Bertz CT molecular complexity index is 998. The van der Waals surface area contributed by atoms with E-state index in [-0.39, 0.29) is 17.8 Å². The number of para-hydroxylation sites is 1. The maximum atomic E-state index is 12.4. The zero-order chi connectivity index (χ0) is 17.8. The number of carbonyl (C=O) groups excluding carboxylic acids is 2. The van der Waals surface area contributed by atoms with Crippen molar-refractivity contribution in [2.24, 2.45) is 0 Å². The quantitative estimate of drug-likeness (QED) is 0.679. The standard InChI is InChI=1S/C17H15N5O3/c1-11-5-4-6-12-15(11)19-10-22(17(12)25)9-14(23)20-21-16(24)13-7-2-3-8-18-13/h2-8,10H,9H2,1H3,(H,20,23)(H,21,24). The van der Waals surface area contributed by atoms with E-state index in [1.807, 2.05) is 13.0 Å². The maximum Gasteiger partial charge on any atom is 0.288 e. The summed E-state index contributed by atoms with van der Waals surface area (Å²) in [7, 11) is 0. The lowest BCUT2D eigenvalue weighted by Gasteiger charge is -2.09. The minimum atomic E-state index is -0.555. The molecule has 0 aliphatic rings. The number of amides is 2. The molecule has 2 amide bonds. The Morgan fingerprint density at radius 1 is 1.08 bits per heavy atom. The zero-order valence-corrected chi connectivity index (χ0v) is 13.4. The summed E-state index contributed by atoms with van der Waals surface area (Å²) in [6.07, 6.45) is 2.79. The van der Waals surface area contributed by atoms with Crippen LogP contribution in [0.3, 0.4) is 0 Å². The summed E-state index contributed by atoms with van der Waals surface area (Å²) in [5, 5.41) is 0.438. The SMILES string of the molecule is Cc1cccc2c(=O)n(CC(=O)NNC(=O)c3ccccn3)cnc12. The number of fused-ring (bicyclic) bond motifs is 1. The molecule has 0 fully saturated rings. The van der Waals surface area contributed by atoms with Crippen LogP contribution < -0.4 is 16.4 Å². The number of aryl methyl sites for hydroxylation is 1. The van der Waals surface area contributed by atoms with Crippen LogP contribution in [0.15, 0.2) is 53.7 Å². The third-order valence-corrected chi connectivity index (χ3v) is 3.58. The molecule has 3 aromatic rings. The number of hydrazine groups is 1. The molecular weight excluding hydrogens is 322 g/mol. The van der Waals surface area contributed by atoms with Crippen molar-refractivity contribution in [3.8, 4) is 0 Å². The van der Waals surface area contributed by atoms with Gasteiger partial charge in [-0.2, -0.15) is 0 Å². The van der Waals surface area contributed by atoms with E-state index >= 15 is 0 Å². The van der Waals surface area contributed by atoms with Crippen LogP contribution in [-0.2, 0) is 11.3 Å². The van der Waals surface area contributed by atoms with Crippen molar-refractivity contribution in [1.82, 2.24) is 25.4 Å². The van der Waals surface area contributed by atoms with Gasteiger partial charge in [-0.15, -0.1) is 0 Å². The van der Waals surface area contributed by atoms with Gasteiger partial charge in [-0.25, -0.2) is 4.98 Å². The summed E-state index contributed by atoms with van der Waals surface area (Å²) in [6.45, 7) is 1.59. The van der Waals surface area contributed by atoms with E-state index in [0.717, 1.165) is 5.56 Å². The fourth-order valence-corrected chi connectivity index (χ4v) is 2.33. The van der Waals surface area contributed by atoms with Crippen LogP contribution in [0.2, 0.25) is 0 Å². The van der Waals surface area contributed by atoms with Gasteiger partial charge in [0.05, 0.1) is 17.2 Å². The first-order chi connectivity index (χ1) is 12.1. The predicted molar refractivity (Wildman–Crippen MR) is 90.6 cm³/mol. The first-order valence-corrected chi connectivity index (χ1v) is 7.51. The van der Waals surface area contributed by atoms with Crippen LogP contribution in [0.25, 0.3) is 10.9 Å². The summed E-state index contributed by atoms with van der Waals surface area (Å²) in [6, 6.07) is 10.1. The predicted octanol–water partition coefficient (Wildman–Crippen LogP) is 0.561. The minimum absolute atomic E-state index is 0.169. The largest absolute Gasteiger partial charge is 0.289 e. The van der Waals surface area contributed by atoms with E-state index in [1.54, 1.807) is 24.3 Å². The summed E-state index contributed by atoms with van der Waals surface area (Å²) in [5.41, 5.74) is 5.84. The Morgan fingerprint density at radius 3 is 2.68 bits per heavy atom. The highest BCUT2D eigenvalue weighted by molar-refractivity contribution is 5.93. The average Bonchev–Trinajstić information content (AvgIpc) is 2.63. The Hall–Kier alpha value is -3.55. The Labute approximate surface area is 142 Å². The Balaban J connectivity index is 1.69. The second kappa shape index (κ2) is 6.91. The van der Waals surface area contributed by atoms with Gasteiger partial charge in [-0.05, 0) is 30.7 Å². The number of hydrogen-bond donors (Lipinski definition) is 2. The summed E-state index contributed by atoms with van der Waals surface area (Å²) >= 11 is 0. The first-order valence-electron chi connectivity index (χ1n) is 7.51. The molecule has 0 saturated heterocycles. The number of carbonyl (C=O) groups is 2. The number of aromatic nitrogens is 3. The fourth-order valence-electron chi connectivity index (χ4n) is 2.33. The molecule has 2 heterocycles.